The first-order valence-corrected chi connectivity index (χ1v) is 7.99. The summed E-state index contributed by atoms with van der Waals surface area (Å²) in [4.78, 5) is 18.8. The quantitative estimate of drug-likeness (QED) is 0.731. The number of benzene rings is 1. The van der Waals surface area contributed by atoms with Crippen molar-refractivity contribution in [1.82, 2.24) is 19.0 Å². The summed E-state index contributed by atoms with van der Waals surface area (Å²) in [6.45, 7) is 3.35. The van der Waals surface area contributed by atoms with Gasteiger partial charge in [-0.25, -0.2) is 4.98 Å². The van der Waals surface area contributed by atoms with Crippen molar-refractivity contribution in [2.24, 2.45) is 5.73 Å². The highest BCUT2D eigenvalue weighted by atomic mass is 32.2. The number of aromatic nitrogens is 2. The molecule has 0 saturated carbocycles. The van der Waals surface area contributed by atoms with Crippen LogP contribution in [-0.2, 0) is 15.7 Å². The van der Waals surface area contributed by atoms with Gasteiger partial charge in [-0.2, -0.15) is 17.4 Å². The number of H-pyrrole nitrogens is 1. The molecule has 0 unspecified atom stereocenters. The number of nitrogens with one attached hydrogen (secondary N) is 2. The van der Waals surface area contributed by atoms with E-state index in [0.29, 0.717) is 16.9 Å². The van der Waals surface area contributed by atoms with E-state index in [2.05, 4.69) is 14.7 Å². The van der Waals surface area contributed by atoms with Gasteiger partial charge in [-0.3, -0.25) is 4.79 Å². The third-order valence-corrected chi connectivity index (χ3v) is 4.96. The molecule has 1 heterocycles. The van der Waals surface area contributed by atoms with Crippen molar-refractivity contribution in [3.8, 4) is 0 Å². The summed E-state index contributed by atoms with van der Waals surface area (Å²) in [6, 6.07) is 5.00. The number of aromatic amines is 1. The first-order chi connectivity index (χ1) is 10.0. The molecule has 22 heavy (non-hydrogen) atoms. The molecule has 120 valence electrons. The minimum absolute atomic E-state index is 0.284. The molecule has 0 aliphatic carbocycles. The zero-order valence-electron chi connectivity index (χ0n) is 12.8. The lowest BCUT2D eigenvalue weighted by Gasteiger charge is -2.25. The van der Waals surface area contributed by atoms with Crippen LogP contribution in [0.15, 0.2) is 18.2 Å². The van der Waals surface area contributed by atoms with E-state index in [1.54, 1.807) is 32.0 Å². The predicted octanol–water partition coefficient (Wildman–Crippen LogP) is 0.293. The van der Waals surface area contributed by atoms with Gasteiger partial charge in [0.2, 0.25) is 0 Å². The van der Waals surface area contributed by atoms with Gasteiger partial charge in [0.1, 0.15) is 11.3 Å². The number of nitrogens with zero attached hydrogens (tertiary/aromatic N) is 2. The molecule has 1 aromatic carbocycles. The molecule has 0 spiro atoms. The third kappa shape index (κ3) is 2.96. The minimum atomic E-state index is -3.64. The predicted molar refractivity (Wildman–Crippen MR) is 83.4 cm³/mol. The molecule has 0 radical (unpaired) electrons. The second-order valence-electron chi connectivity index (χ2n) is 5.67. The average Bonchev–Trinajstić information content (AvgIpc) is 2.81. The summed E-state index contributed by atoms with van der Waals surface area (Å²) in [5.74, 6) is -0.197. The van der Waals surface area contributed by atoms with E-state index in [-0.39, 0.29) is 5.56 Å². The van der Waals surface area contributed by atoms with Crippen LogP contribution in [0.3, 0.4) is 0 Å². The van der Waals surface area contributed by atoms with Crippen molar-refractivity contribution in [2.45, 2.75) is 19.4 Å². The fourth-order valence-electron chi connectivity index (χ4n) is 1.99. The fourth-order valence-corrected chi connectivity index (χ4v) is 2.91. The molecule has 0 saturated heterocycles. The van der Waals surface area contributed by atoms with E-state index in [1.807, 2.05) is 0 Å². The lowest BCUT2D eigenvalue weighted by Crippen LogP contribution is -2.46. The van der Waals surface area contributed by atoms with Crippen molar-refractivity contribution in [3.63, 3.8) is 0 Å². The number of hydrogen-bond acceptors (Lipinski definition) is 4. The van der Waals surface area contributed by atoms with E-state index in [9.17, 15) is 13.2 Å². The topological polar surface area (TPSA) is 121 Å². The average molecular weight is 325 g/mol. The van der Waals surface area contributed by atoms with Crippen molar-refractivity contribution < 1.29 is 13.2 Å². The van der Waals surface area contributed by atoms with E-state index in [4.69, 9.17) is 5.73 Å². The van der Waals surface area contributed by atoms with E-state index >= 15 is 0 Å². The van der Waals surface area contributed by atoms with Crippen molar-refractivity contribution in [3.05, 3.63) is 29.6 Å². The number of amides is 1. The van der Waals surface area contributed by atoms with Gasteiger partial charge >= 0.3 is 0 Å². The summed E-state index contributed by atoms with van der Waals surface area (Å²) >= 11 is 0. The molecule has 0 fully saturated rings. The molecule has 4 N–H and O–H groups in total. The van der Waals surface area contributed by atoms with Crippen LogP contribution >= 0.6 is 0 Å². The van der Waals surface area contributed by atoms with Crippen LogP contribution in [0.4, 0.5) is 0 Å². The second kappa shape index (κ2) is 5.34. The maximum atomic E-state index is 12.0. The van der Waals surface area contributed by atoms with Gasteiger partial charge in [-0.15, -0.1) is 0 Å². The molecule has 0 atom stereocenters. The highest BCUT2D eigenvalue weighted by molar-refractivity contribution is 7.87. The van der Waals surface area contributed by atoms with Crippen molar-refractivity contribution in [2.75, 3.05) is 14.1 Å². The lowest BCUT2D eigenvalue weighted by molar-refractivity contribution is 0.100. The van der Waals surface area contributed by atoms with Gasteiger partial charge in [0.05, 0.1) is 16.6 Å². The Balaban J connectivity index is 2.51. The highest BCUT2D eigenvalue weighted by Crippen LogP contribution is 2.24. The van der Waals surface area contributed by atoms with Crippen LogP contribution in [0.1, 0.15) is 30.0 Å². The Bertz CT molecular complexity index is 823. The first kappa shape index (κ1) is 16.4. The van der Waals surface area contributed by atoms with Crippen molar-refractivity contribution >= 4 is 27.1 Å². The van der Waals surface area contributed by atoms with E-state index < -0.39 is 21.7 Å². The Kier molecular flexibility index (Phi) is 3.98. The minimum Gasteiger partial charge on any atom is -0.366 e. The molecule has 0 bridgehead atoms. The van der Waals surface area contributed by atoms with Crippen LogP contribution in [0, 0.1) is 0 Å². The Hall–Kier alpha value is -1.97. The van der Waals surface area contributed by atoms with Crippen LogP contribution in [0.25, 0.3) is 11.0 Å². The van der Waals surface area contributed by atoms with Gasteiger partial charge in [-0.1, -0.05) is 6.07 Å². The SMILES string of the molecule is CN(C)S(=O)(=O)NC(C)(C)c1nc2c(C(N)=O)cccc2[nH]1. The molecule has 2 rings (SSSR count). The van der Waals surface area contributed by atoms with Crippen LogP contribution in [-0.4, -0.2) is 42.7 Å². The maximum Gasteiger partial charge on any atom is 0.279 e. The smallest absolute Gasteiger partial charge is 0.279 e. The molecule has 8 nitrogen and oxygen atoms in total. The van der Waals surface area contributed by atoms with Crippen molar-refractivity contribution in [1.29, 1.82) is 0 Å². The summed E-state index contributed by atoms with van der Waals surface area (Å²) in [7, 11) is -0.771. The largest absolute Gasteiger partial charge is 0.366 e. The number of nitrogens with two attached hydrogens (primary N) is 1. The van der Waals surface area contributed by atoms with Gasteiger partial charge < -0.3 is 10.7 Å². The van der Waals surface area contributed by atoms with Crippen LogP contribution in [0.5, 0.6) is 0 Å². The first-order valence-electron chi connectivity index (χ1n) is 6.55. The van der Waals surface area contributed by atoms with E-state index in [1.165, 1.54) is 14.1 Å². The lowest BCUT2D eigenvalue weighted by atomic mass is 10.1. The molecule has 1 amide bonds. The highest BCUT2D eigenvalue weighted by Gasteiger charge is 2.31. The maximum absolute atomic E-state index is 12.0. The summed E-state index contributed by atoms with van der Waals surface area (Å²) in [5.41, 5.74) is 5.66. The normalized spacial score (nSPS) is 13.0. The van der Waals surface area contributed by atoms with Gasteiger partial charge in [0, 0.05) is 14.1 Å². The van der Waals surface area contributed by atoms with Gasteiger partial charge in [0.25, 0.3) is 16.1 Å². The number of primary amides is 1. The molecular weight excluding hydrogens is 306 g/mol. The number of carbonyl (C=O) groups is 1. The number of carbonyl (C=O) groups excluding carboxylic acids is 1. The zero-order valence-corrected chi connectivity index (χ0v) is 13.7. The Morgan fingerprint density at radius 3 is 2.55 bits per heavy atom. The molecule has 0 aliphatic heterocycles. The van der Waals surface area contributed by atoms with Crippen LogP contribution < -0.4 is 10.5 Å². The number of imidazole rings is 1. The summed E-state index contributed by atoms with van der Waals surface area (Å²) in [5, 5.41) is 0. The Morgan fingerprint density at radius 1 is 1.36 bits per heavy atom. The number of hydrogen-bond donors (Lipinski definition) is 3. The molecule has 9 heteroatoms. The molecule has 2 aromatic rings. The Morgan fingerprint density at radius 2 is 2.00 bits per heavy atom. The van der Waals surface area contributed by atoms with Gasteiger partial charge in [-0.05, 0) is 26.0 Å². The number of para-hydroxylation sites is 1. The zero-order chi connectivity index (χ0) is 16.7. The van der Waals surface area contributed by atoms with E-state index in [0.717, 1.165) is 4.31 Å². The van der Waals surface area contributed by atoms with Crippen LogP contribution in [0.2, 0.25) is 0 Å². The monoisotopic (exact) mass is 325 g/mol. The molecular formula is C13H19N5O3S. The molecule has 1 aromatic heterocycles. The second-order valence-corrected chi connectivity index (χ2v) is 7.55. The molecule has 0 aliphatic rings. The fraction of sp³-hybridized carbons (Fsp3) is 0.385. The summed E-state index contributed by atoms with van der Waals surface area (Å²) in [6.07, 6.45) is 0. The number of rotatable bonds is 5. The van der Waals surface area contributed by atoms with Gasteiger partial charge in [0.15, 0.2) is 0 Å². The Labute approximate surface area is 128 Å². The number of fused-ring (bicyclic) bond motifs is 1. The summed E-state index contributed by atoms with van der Waals surface area (Å²) < 4.78 is 27.6. The standard InChI is InChI=1S/C13H19N5O3S/c1-13(2,17-22(20,21)18(3)4)12-15-9-7-5-6-8(11(14)19)10(9)16-12/h5-7,17H,1-4H3,(H2,14,19)(H,15,16). The third-order valence-electron chi connectivity index (χ3n) is 3.24.